The van der Waals surface area contributed by atoms with Crippen LogP contribution in [0, 0.1) is 0 Å². The van der Waals surface area contributed by atoms with E-state index in [1.54, 1.807) is 0 Å². The molecule has 0 unspecified atom stereocenters. The minimum absolute atomic E-state index is 0.248. The second kappa shape index (κ2) is 2.30. The van der Waals surface area contributed by atoms with Gasteiger partial charge in [-0.15, -0.1) is 5.11 Å². The van der Waals surface area contributed by atoms with Crippen LogP contribution in [-0.4, -0.2) is 7.11 Å². The summed E-state index contributed by atoms with van der Waals surface area (Å²) in [6, 6.07) is 0. The average molecular weight is 125 g/mol. The first kappa shape index (κ1) is 5.81. The van der Waals surface area contributed by atoms with Crippen molar-refractivity contribution in [3.8, 4) is 0 Å². The molecule has 0 saturated carbocycles. The van der Waals surface area contributed by atoms with Crippen LogP contribution in [0.4, 0.5) is 0 Å². The van der Waals surface area contributed by atoms with Gasteiger partial charge in [-0.1, -0.05) is 0 Å². The predicted octanol–water partition coefficient (Wildman–Crippen LogP) is 0.142. The van der Waals surface area contributed by atoms with Crippen LogP contribution in [0.1, 0.15) is 0 Å². The van der Waals surface area contributed by atoms with E-state index < -0.39 is 5.95 Å². The van der Waals surface area contributed by atoms with Gasteiger partial charge in [-0.25, -0.2) is 0 Å². The Balaban J connectivity index is 2.81. The molecular weight excluding hydrogens is 120 g/mol. The van der Waals surface area contributed by atoms with E-state index in [4.69, 9.17) is 0 Å². The van der Waals surface area contributed by atoms with Crippen molar-refractivity contribution in [1.29, 1.82) is 0 Å². The largest absolute Gasteiger partial charge is 0.615 e. The Morgan fingerprint density at radius 2 is 2.56 bits per heavy atom. The van der Waals surface area contributed by atoms with Gasteiger partial charge in [0.05, 0.1) is 12.1 Å². The van der Waals surface area contributed by atoms with Crippen molar-refractivity contribution in [2.75, 3.05) is 7.11 Å². The smallest absolute Gasteiger partial charge is 0.109 e. The maximum Gasteiger partial charge on any atom is 0.109 e. The van der Waals surface area contributed by atoms with Crippen molar-refractivity contribution in [3.05, 3.63) is 23.9 Å². The Morgan fingerprint density at radius 3 is 3.00 bits per heavy atom. The number of rotatable bonds is 1. The Kier molecular flexibility index (Phi) is 1.48. The Hall–Kier alpha value is -1.32. The third kappa shape index (κ3) is 1.07. The fourth-order valence-electron chi connectivity index (χ4n) is 0.446. The van der Waals surface area contributed by atoms with Crippen LogP contribution in [0.15, 0.2) is 34.1 Å². The van der Waals surface area contributed by atoms with Crippen molar-refractivity contribution in [1.82, 2.24) is 0 Å². The molecule has 0 N–H and O–H groups in total. The average Bonchev–Trinajstić information content (AvgIpc) is 2.37. The van der Waals surface area contributed by atoms with Gasteiger partial charge in [-0.2, -0.15) is 5.11 Å². The summed E-state index contributed by atoms with van der Waals surface area (Å²) in [5.41, 5.74) is 0.248. The van der Waals surface area contributed by atoms with E-state index >= 15 is 0 Å². The molecule has 0 amide bonds. The maximum absolute atomic E-state index is 10.5. The van der Waals surface area contributed by atoms with Gasteiger partial charge < -0.3 is 9.84 Å². The first-order valence-corrected chi connectivity index (χ1v) is 2.37. The Labute approximate surface area is 52.2 Å². The van der Waals surface area contributed by atoms with E-state index in [9.17, 15) is 5.11 Å². The van der Waals surface area contributed by atoms with Gasteiger partial charge in [0.1, 0.15) is 5.70 Å². The molecule has 4 heteroatoms. The van der Waals surface area contributed by atoms with Crippen LogP contribution in [0.25, 0.3) is 0 Å². The lowest BCUT2D eigenvalue weighted by atomic mass is 10.5. The normalized spacial score (nSPS) is 20.6. The molecule has 0 fully saturated rings. The minimum Gasteiger partial charge on any atom is -0.615 e. The van der Waals surface area contributed by atoms with Gasteiger partial charge >= 0.3 is 0 Å². The van der Waals surface area contributed by atoms with Crippen LogP contribution >= 0.6 is 0 Å². The standard InChI is InChI=1S/C5H6N2O2/c1-9-5(8)4-2-3-6-7-4/h2-3,8H,1H3/p-1. The van der Waals surface area contributed by atoms with Crippen molar-refractivity contribution in [3.63, 3.8) is 0 Å². The van der Waals surface area contributed by atoms with E-state index in [1.165, 1.54) is 19.4 Å². The van der Waals surface area contributed by atoms with Crippen LogP contribution in [-0.2, 0) is 4.74 Å². The Morgan fingerprint density at radius 1 is 1.78 bits per heavy atom. The SMILES string of the molecule is COC([O-])=C1C=CN=N1. The molecule has 0 aromatic heterocycles. The van der Waals surface area contributed by atoms with Crippen molar-refractivity contribution in [2.45, 2.75) is 0 Å². The molecule has 0 radical (unpaired) electrons. The molecular formula is C5H5N2O2-. The fourth-order valence-corrected chi connectivity index (χ4v) is 0.446. The summed E-state index contributed by atoms with van der Waals surface area (Å²) in [6.45, 7) is 0. The quantitative estimate of drug-likeness (QED) is 0.468. The van der Waals surface area contributed by atoms with Gasteiger partial charge in [0.2, 0.25) is 0 Å². The van der Waals surface area contributed by atoms with E-state index in [-0.39, 0.29) is 5.70 Å². The topological polar surface area (TPSA) is 57.0 Å². The third-order valence-corrected chi connectivity index (χ3v) is 0.859. The summed E-state index contributed by atoms with van der Waals surface area (Å²) < 4.78 is 4.35. The van der Waals surface area contributed by atoms with Gasteiger partial charge in [0.25, 0.3) is 0 Å². The molecule has 1 rings (SSSR count). The number of allylic oxidation sites excluding steroid dienone is 1. The number of ether oxygens (including phenoxy) is 1. The maximum atomic E-state index is 10.5. The lowest BCUT2D eigenvalue weighted by molar-refractivity contribution is -0.354. The first-order valence-electron chi connectivity index (χ1n) is 2.37. The molecule has 48 valence electrons. The fraction of sp³-hybridized carbons (Fsp3) is 0.200. The van der Waals surface area contributed by atoms with Gasteiger partial charge in [0, 0.05) is 0 Å². The lowest BCUT2D eigenvalue weighted by Gasteiger charge is -2.07. The van der Waals surface area contributed by atoms with Crippen molar-refractivity contribution < 1.29 is 9.84 Å². The van der Waals surface area contributed by atoms with E-state index in [2.05, 4.69) is 15.0 Å². The number of hydrogen-bond donors (Lipinski definition) is 0. The third-order valence-electron chi connectivity index (χ3n) is 0.859. The molecule has 0 atom stereocenters. The van der Waals surface area contributed by atoms with Gasteiger partial charge in [-0.3, -0.25) is 0 Å². The van der Waals surface area contributed by atoms with E-state index in [0.29, 0.717) is 0 Å². The van der Waals surface area contributed by atoms with Crippen LogP contribution in [0.5, 0.6) is 0 Å². The molecule has 4 nitrogen and oxygen atoms in total. The molecule has 0 saturated heterocycles. The zero-order chi connectivity index (χ0) is 6.69. The van der Waals surface area contributed by atoms with Crippen LogP contribution in [0.3, 0.4) is 0 Å². The molecule has 1 aliphatic heterocycles. The summed E-state index contributed by atoms with van der Waals surface area (Å²) in [7, 11) is 1.30. The monoisotopic (exact) mass is 125 g/mol. The van der Waals surface area contributed by atoms with E-state index in [1.807, 2.05) is 0 Å². The first-order chi connectivity index (χ1) is 4.34. The van der Waals surface area contributed by atoms with E-state index in [0.717, 1.165) is 0 Å². The van der Waals surface area contributed by atoms with Crippen molar-refractivity contribution >= 4 is 0 Å². The zero-order valence-corrected chi connectivity index (χ0v) is 4.87. The van der Waals surface area contributed by atoms with Gasteiger partial charge in [-0.05, 0) is 13.2 Å². The zero-order valence-electron chi connectivity index (χ0n) is 4.87. The number of nitrogens with zero attached hydrogens (tertiary/aromatic N) is 2. The number of azo groups is 1. The highest BCUT2D eigenvalue weighted by Gasteiger charge is 1.95. The second-order valence-corrected chi connectivity index (χ2v) is 1.41. The van der Waals surface area contributed by atoms with Crippen LogP contribution in [0.2, 0.25) is 0 Å². The molecule has 0 aromatic rings. The summed E-state index contributed by atoms with van der Waals surface area (Å²) in [4.78, 5) is 0. The predicted molar refractivity (Wildman–Crippen MR) is 28.0 cm³/mol. The highest BCUT2D eigenvalue weighted by molar-refractivity contribution is 5.19. The second-order valence-electron chi connectivity index (χ2n) is 1.41. The van der Waals surface area contributed by atoms with Crippen LogP contribution < -0.4 is 5.11 Å². The van der Waals surface area contributed by atoms with Crippen molar-refractivity contribution in [2.24, 2.45) is 10.2 Å². The molecule has 0 bridgehead atoms. The number of hydrogen-bond acceptors (Lipinski definition) is 4. The van der Waals surface area contributed by atoms with Gasteiger partial charge in [0.15, 0.2) is 0 Å². The molecule has 1 aliphatic rings. The summed E-state index contributed by atoms with van der Waals surface area (Å²) in [5, 5.41) is 17.5. The molecule has 1 heterocycles. The molecule has 9 heavy (non-hydrogen) atoms. The number of methoxy groups -OCH3 is 1. The summed E-state index contributed by atoms with van der Waals surface area (Å²) in [6.07, 6.45) is 2.93. The lowest BCUT2D eigenvalue weighted by Crippen LogP contribution is -2.07. The molecule has 0 spiro atoms. The highest BCUT2D eigenvalue weighted by atomic mass is 16.6. The molecule has 0 aliphatic carbocycles. The summed E-state index contributed by atoms with van der Waals surface area (Å²) >= 11 is 0. The minimum atomic E-state index is -0.451. The Bertz CT molecular complexity index is 179. The summed E-state index contributed by atoms with van der Waals surface area (Å²) in [5.74, 6) is -0.451. The molecule has 0 aromatic carbocycles. The highest BCUT2D eigenvalue weighted by Crippen LogP contribution is 2.09.